The van der Waals surface area contributed by atoms with Gasteiger partial charge < -0.3 is 25.4 Å². The molecule has 6 nitrogen and oxygen atoms in total. The third-order valence-electron chi connectivity index (χ3n) is 3.44. The largest absolute Gasteiger partial charge is 0.504 e. The Labute approximate surface area is 151 Å². The number of aromatic hydroxyl groups is 3. The molecule has 2 rings (SSSR count). The molecule has 0 unspecified atom stereocenters. The molecule has 1 amide bonds. The van der Waals surface area contributed by atoms with E-state index in [1.54, 1.807) is 42.5 Å². The maximum atomic E-state index is 11.8. The number of carbonyl (C=O) groups excluding carboxylic acids is 1. The predicted molar refractivity (Wildman–Crippen MR) is 99.1 cm³/mol. The van der Waals surface area contributed by atoms with E-state index in [-0.39, 0.29) is 29.7 Å². The van der Waals surface area contributed by atoms with Crippen molar-refractivity contribution < 1.29 is 24.9 Å². The summed E-state index contributed by atoms with van der Waals surface area (Å²) in [6.45, 7) is 2.53. The molecule has 0 aliphatic heterocycles. The lowest BCUT2D eigenvalue weighted by atomic mass is 10.2. The van der Waals surface area contributed by atoms with Crippen molar-refractivity contribution in [3.05, 3.63) is 65.8 Å². The number of ether oxygens (including phenoxy) is 1. The minimum Gasteiger partial charge on any atom is -0.504 e. The van der Waals surface area contributed by atoms with Crippen LogP contribution in [0, 0.1) is 0 Å². The summed E-state index contributed by atoms with van der Waals surface area (Å²) in [6.07, 6.45) is 6.45. The number of phenols is 3. The summed E-state index contributed by atoms with van der Waals surface area (Å²) in [4.78, 5) is 11.8. The Balaban J connectivity index is 1.87. The monoisotopic (exact) mass is 355 g/mol. The molecule has 0 aliphatic carbocycles. The highest BCUT2D eigenvalue weighted by Gasteiger charge is 2.02. The fourth-order valence-electron chi connectivity index (χ4n) is 2.14. The molecule has 2 aromatic rings. The van der Waals surface area contributed by atoms with Gasteiger partial charge in [-0.2, -0.15) is 0 Å². The van der Waals surface area contributed by atoms with Crippen LogP contribution in [0.2, 0.25) is 0 Å². The van der Waals surface area contributed by atoms with Crippen molar-refractivity contribution in [1.29, 1.82) is 0 Å². The van der Waals surface area contributed by atoms with Gasteiger partial charge in [-0.1, -0.05) is 30.4 Å². The molecular weight excluding hydrogens is 334 g/mol. The van der Waals surface area contributed by atoms with Crippen molar-refractivity contribution in [2.45, 2.75) is 13.5 Å². The number of hydrogen-bond donors (Lipinski definition) is 4. The zero-order valence-corrected chi connectivity index (χ0v) is 14.3. The summed E-state index contributed by atoms with van der Waals surface area (Å²) in [5, 5.41) is 31.0. The summed E-state index contributed by atoms with van der Waals surface area (Å²) >= 11 is 0. The molecule has 0 aromatic heterocycles. The molecule has 0 bridgehead atoms. The molecule has 26 heavy (non-hydrogen) atoms. The molecule has 0 aliphatic rings. The van der Waals surface area contributed by atoms with Gasteiger partial charge in [0.15, 0.2) is 23.0 Å². The van der Waals surface area contributed by atoms with Crippen molar-refractivity contribution in [3.63, 3.8) is 0 Å². The number of nitrogens with one attached hydrogen (secondary N) is 1. The number of rotatable bonds is 7. The van der Waals surface area contributed by atoms with Gasteiger partial charge in [0.05, 0.1) is 6.61 Å². The van der Waals surface area contributed by atoms with Crippen LogP contribution in [-0.4, -0.2) is 27.8 Å². The van der Waals surface area contributed by atoms with Crippen molar-refractivity contribution in [3.8, 4) is 23.0 Å². The molecule has 2 aromatic carbocycles. The van der Waals surface area contributed by atoms with Crippen LogP contribution < -0.4 is 10.1 Å². The molecule has 0 radical (unpaired) electrons. The molecular formula is C20H21NO5. The van der Waals surface area contributed by atoms with Crippen LogP contribution in [0.25, 0.3) is 6.08 Å². The first kappa shape index (κ1) is 18.9. The predicted octanol–water partition coefficient (Wildman–Crippen LogP) is 3.09. The van der Waals surface area contributed by atoms with Gasteiger partial charge in [0.1, 0.15) is 0 Å². The Bertz CT molecular complexity index is 827. The Kier molecular flexibility index (Phi) is 6.68. The zero-order valence-electron chi connectivity index (χ0n) is 14.3. The first-order valence-corrected chi connectivity index (χ1v) is 8.09. The van der Waals surface area contributed by atoms with E-state index in [1.807, 2.05) is 6.92 Å². The summed E-state index contributed by atoms with van der Waals surface area (Å²) in [5.41, 5.74) is 1.50. The lowest BCUT2D eigenvalue weighted by molar-refractivity contribution is -0.116. The number of amides is 1. The highest BCUT2D eigenvalue weighted by Crippen LogP contribution is 2.27. The standard InChI is InChI=1S/C20H21NO5/c1-2-26-19-12-14(7-10-17(19)23)5-3-4-6-20(25)21-13-15-8-9-16(22)18(24)11-15/h3-12,22-24H,2,13H2,1H3,(H,21,25)/b5-3+,6-4+. The fraction of sp³-hybridized carbons (Fsp3) is 0.150. The lowest BCUT2D eigenvalue weighted by Gasteiger charge is -2.06. The van der Waals surface area contributed by atoms with E-state index in [9.17, 15) is 20.1 Å². The van der Waals surface area contributed by atoms with Gasteiger partial charge in [-0.25, -0.2) is 0 Å². The molecule has 136 valence electrons. The van der Waals surface area contributed by atoms with Crippen molar-refractivity contribution in [2.75, 3.05) is 6.61 Å². The van der Waals surface area contributed by atoms with Gasteiger partial charge >= 0.3 is 0 Å². The Morgan fingerprint density at radius 2 is 1.81 bits per heavy atom. The number of allylic oxidation sites excluding steroid dienone is 2. The van der Waals surface area contributed by atoms with Crippen molar-refractivity contribution in [2.24, 2.45) is 0 Å². The van der Waals surface area contributed by atoms with Crippen LogP contribution in [0.1, 0.15) is 18.1 Å². The third kappa shape index (κ3) is 5.59. The van der Waals surface area contributed by atoms with Crippen molar-refractivity contribution in [1.82, 2.24) is 5.32 Å². The molecule has 0 heterocycles. The van der Waals surface area contributed by atoms with Gasteiger partial charge in [-0.15, -0.1) is 0 Å². The minimum absolute atomic E-state index is 0.0826. The smallest absolute Gasteiger partial charge is 0.244 e. The molecule has 0 saturated carbocycles. The van der Waals surface area contributed by atoms with E-state index < -0.39 is 0 Å². The fourth-order valence-corrected chi connectivity index (χ4v) is 2.14. The highest BCUT2D eigenvalue weighted by molar-refractivity contribution is 5.87. The van der Waals surface area contributed by atoms with Crippen LogP contribution in [-0.2, 0) is 11.3 Å². The number of benzene rings is 2. The Morgan fingerprint density at radius 1 is 1.04 bits per heavy atom. The van der Waals surface area contributed by atoms with E-state index in [2.05, 4.69) is 5.32 Å². The summed E-state index contributed by atoms with van der Waals surface area (Å²) in [5.74, 6) is -0.224. The second-order valence-electron chi connectivity index (χ2n) is 5.42. The Morgan fingerprint density at radius 3 is 2.54 bits per heavy atom. The lowest BCUT2D eigenvalue weighted by Crippen LogP contribution is -2.20. The molecule has 6 heteroatoms. The van der Waals surface area contributed by atoms with Gasteiger partial charge in [0.25, 0.3) is 0 Å². The molecule has 0 fully saturated rings. The third-order valence-corrected chi connectivity index (χ3v) is 3.44. The van der Waals surface area contributed by atoms with E-state index in [4.69, 9.17) is 4.74 Å². The molecule has 0 spiro atoms. The average Bonchev–Trinajstić information content (AvgIpc) is 2.62. The average molecular weight is 355 g/mol. The van der Waals surface area contributed by atoms with E-state index >= 15 is 0 Å². The molecule has 0 atom stereocenters. The number of phenolic OH excluding ortho intramolecular Hbond substituents is 3. The van der Waals surface area contributed by atoms with E-state index in [0.29, 0.717) is 17.9 Å². The summed E-state index contributed by atoms with van der Waals surface area (Å²) in [6, 6.07) is 9.36. The van der Waals surface area contributed by atoms with Crippen molar-refractivity contribution >= 4 is 12.0 Å². The van der Waals surface area contributed by atoms with Crippen LogP contribution in [0.3, 0.4) is 0 Å². The maximum Gasteiger partial charge on any atom is 0.244 e. The van der Waals surface area contributed by atoms with Gasteiger partial charge in [-0.05, 0) is 42.3 Å². The first-order chi connectivity index (χ1) is 12.5. The zero-order chi connectivity index (χ0) is 18.9. The van der Waals surface area contributed by atoms with Crippen LogP contribution in [0.15, 0.2) is 54.6 Å². The number of carbonyl (C=O) groups is 1. The molecule has 0 saturated heterocycles. The SMILES string of the molecule is CCOc1cc(/C=C/C=C/C(=O)NCc2ccc(O)c(O)c2)ccc1O. The van der Waals surface area contributed by atoms with E-state index in [0.717, 1.165) is 5.56 Å². The second-order valence-corrected chi connectivity index (χ2v) is 5.42. The highest BCUT2D eigenvalue weighted by atomic mass is 16.5. The van der Waals surface area contributed by atoms with Gasteiger partial charge in [-0.3, -0.25) is 4.79 Å². The quantitative estimate of drug-likeness (QED) is 0.347. The van der Waals surface area contributed by atoms with Crippen LogP contribution in [0.4, 0.5) is 0 Å². The normalized spacial score (nSPS) is 11.1. The Hall–Kier alpha value is -3.41. The summed E-state index contributed by atoms with van der Waals surface area (Å²) in [7, 11) is 0. The maximum absolute atomic E-state index is 11.8. The van der Waals surface area contributed by atoms with Crippen LogP contribution in [0.5, 0.6) is 23.0 Å². The summed E-state index contributed by atoms with van der Waals surface area (Å²) < 4.78 is 5.31. The minimum atomic E-state index is -0.289. The first-order valence-electron chi connectivity index (χ1n) is 8.09. The number of hydrogen-bond acceptors (Lipinski definition) is 5. The van der Waals surface area contributed by atoms with E-state index in [1.165, 1.54) is 18.2 Å². The van der Waals surface area contributed by atoms with Gasteiger partial charge in [0, 0.05) is 12.6 Å². The van der Waals surface area contributed by atoms with Crippen LogP contribution >= 0.6 is 0 Å². The molecule has 4 N–H and O–H groups in total. The topological polar surface area (TPSA) is 99.0 Å². The van der Waals surface area contributed by atoms with Gasteiger partial charge in [0.2, 0.25) is 5.91 Å². The second kappa shape index (κ2) is 9.17.